The van der Waals surface area contributed by atoms with Crippen molar-refractivity contribution in [1.29, 1.82) is 0 Å². The summed E-state index contributed by atoms with van der Waals surface area (Å²) < 4.78 is 25.3. The number of hydrogen-bond donors (Lipinski definition) is 1. The maximum absolute atomic E-state index is 14.2. The molecule has 0 amide bonds. The summed E-state index contributed by atoms with van der Waals surface area (Å²) in [6.45, 7) is 1.70. The van der Waals surface area contributed by atoms with E-state index in [0.29, 0.717) is 40.2 Å². The van der Waals surface area contributed by atoms with Crippen molar-refractivity contribution in [2.75, 3.05) is 25.6 Å². The standard InChI is InChI=1S/C20H22ClFN2O2S/c1-25-19-11-15(21)8-9-18(19)23-20(27)24(13-16-6-4-10-26-16)12-14-5-2-3-7-17(14)22/h2-3,5,7-9,11,16H,4,6,10,12-13H2,1H3,(H,23,27)/t16-/m0/s1. The summed E-state index contributed by atoms with van der Waals surface area (Å²) in [5.74, 6) is 0.342. The molecule has 1 aliphatic heterocycles. The first-order valence-corrected chi connectivity index (χ1v) is 9.60. The number of thiocarbonyl (C=S) groups is 1. The molecule has 144 valence electrons. The minimum absolute atomic E-state index is 0.0867. The molecule has 1 aliphatic rings. The summed E-state index contributed by atoms with van der Waals surface area (Å²) >= 11 is 11.6. The van der Waals surface area contributed by atoms with Crippen molar-refractivity contribution in [2.45, 2.75) is 25.5 Å². The summed E-state index contributed by atoms with van der Waals surface area (Å²) in [4.78, 5) is 1.93. The molecular weight excluding hydrogens is 387 g/mol. The number of nitrogens with zero attached hydrogens (tertiary/aromatic N) is 1. The second-order valence-corrected chi connectivity index (χ2v) is 7.20. The maximum atomic E-state index is 14.2. The molecule has 0 bridgehead atoms. The lowest BCUT2D eigenvalue weighted by Gasteiger charge is -2.29. The van der Waals surface area contributed by atoms with Crippen LogP contribution in [0.25, 0.3) is 0 Å². The number of anilines is 1. The number of benzene rings is 2. The van der Waals surface area contributed by atoms with Crippen molar-refractivity contribution in [1.82, 2.24) is 4.90 Å². The third-order valence-corrected chi connectivity index (χ3v) is 5.05. The molecule has 7 heteroatoms. The fraction of sp³-hybridized carbons (Fsp3) is 0.350. The number of hydrogen-bond acceptors (Lipinski definition) is 3. The third-order valence-electron chi connectivity index (χ3n) is 4.46. The Kier molecular flexibility index (Phi) is 6.88. The van der Waals surface area contributed by atoms with E-state index in [1.54, 1.807) is 37.4 Å². The zero-order chi connectivity index (χ0) is 19.2. The molecule has 1 atom stereocenters. The van der Waals surface area contributed by atoms with Crippen LogP contribution >= 0.6 is 23.8 Å². The summed E-state index contributed by atoms with van der Waals surface area (Å²) in [6.07, 6.45) is 2.09. The highest BCUT2D eigenvalue weighted by atomic mass is 35.5. The van der Waals surface area contributed by atoms with Gasteiger partial charge in [0.05, 0.1) is 18.9 Å². The van der Waals surface area contributed by atoms with Crippen LogP contribution in [0.3, 0.4) is 0 Å². The van der Waals surface area contributed by atoms with Gasteiger partial charge in [-0.25, -0.2) is 4.39 Å². The average Bonchev–Trinajstić information content (AvgIpc) is 3.17. The van der Waals surface area contributed by atoms with Crippen molar-refractivity contribution in [3.63, 3.8) is 0 Å². The second kappa shape index (κ2) is 9.35. The topological polar surface area (TPSA) is 33.7 Å². The number of methoxy groups -OCH3 is 1. The summed E-state index contributed by atoms with van der Waals surface area (Å²) in [6, 6.07) is 12.0. The zero-order valence-corrected chi connectivity index (χ0v) is 16.7. The fourth-order valence-corrected chi connectivity index (χ4v) is 3.46. The van der Waals surface area contributed by atoms with Crippen LogP contribution in [0.15, 0.2) is 42.5 Å². The number of halogens is 2. The molecule has 1 N–H and O–H groups in total. The van der Waals surface area contributed by atoms with Gasteiger partial charge >= 0.3 is 0 Å². The number of rotatable bonds is 6. The van der Waals surface area contributed by atoms with E-state index in [9.17, 15) is 4.39 Å². The van der Waals surface area contributed by atoms with Gasteiger partial charge in [-0.15, -0.1) is 0 Å². The molecule has 0 saturated carbocycles. The quantitative estimate of drug-likeness (QED) is 0.690. The van der Waals surface area contributed by atoms with Gasteiger partial charge in [-0.3, -0.25) is 0 Å². The van der Waals surface area contributed by atoms with E-state index < -0.39 is 0 Å². The Morgan fingerprint density at radius 1 is 1.37 bits per heavy atom. The normalized spacial score (nSPS) is 16.2. The Hall–Kier alpha value is -1.89. The highest BCUT2D eigenvalue weighted by molar-refractivity contribution is 7.80. The van der Waals surface area contributed by atoms with Crippen LogP contribution in [-0.4, -0.2) is 36.4 Å². The minimum Gasteiger partial charge on any atom is -0.495 e. The Bertz CT molecular complexity index is 799. The lowest BCUT2D eigenvalue weighted by Crippen LogP contribution is -2.39. The molecule has 1 saturated heterocycles. The molecule has 1 heterocycles. The van der Waals surface area contributed by atoms with Gasteiger partial charge in [0, 0.05) is 36.3 Å². The molecule has 1 fully saturated rings. The Morgan fingerprint density at radius 3 is 2.89 bits per heavy atom. The largest absolute Gasteiger partial charge is 0.495 e. The van der Waals surface area contributed by atoms with Gasteiger partial charge in [-0.1, -0.05) is 29.8 Å². The van der Waals surface area contributed by atoms with Gasteiger partial charge in [0.1, 0.15) is 11.6 Å². The molecule has 2 aromatic rings. The second-order valence-electron chi connectivity index (χ2n) is 6.38. The molecule has 0 radical (unpaired) electrons. The molecule has 3 rings (SSSR count). The first-order chi connectivity index (χ1) is 13.1. The summed E-state index contributed by atoms with van der Waals surface area (Å²) in [5.41, 5.74) is 1.29. The van der Waals surface area contributed by atoms with Crippen LogP contribution in [0.4, 0.5) is 10.1 Å². The van der Waals surface area contributed by atoms with Crippen LogP contribution in [0.1, 0.15) is 18.4 Å². The molecule has 0 aromatic heterocycles. The predicted molar refractivity (Wildman–Crippen MR) is 110 cm³/mol. The minimum atomic E-state index is -0.248. The molecular formula is C20H22ClFN2O2S. The van der Waals surface area contributed by atoms with Crippen LogP contribution in [-0.2, 0) is 11.3 Å². The van der Waals surface area contributed by atoms with Crippen molar-refractivity contribution in [3.05, 3.63) is 58.9 Å². The summed E-state index contributed by atoms with van der Waals surface area (Å²) in [5, 5.41) is 4.25. The zero-order valence-electron chi connectivity index (χ0n) is 15.1. The Balaban J connectivity index is 1.78. The van der Waals surface area contributed by atoms with Crippen LogP contribution in [0.2, 0.25) is 5.02 Å². The Morgan fingerprint density at radius 2 is 2.19 bits per heavy atom. The first kappa shape index (κ1) is 19.9. The van der Waals surface area contributed by atoms with E-state index in [2.05, 4.69) is 5.32 Å². The van der Waals surface area contributed by atoms with Crippen molar-refractivity contribution in [2.24, 2.45) is 0 Å². The van der Waals surface area contributed by atoms with E-state index >= 15 is 0 Å². The lowest BCUT2D eigenvalue weighted by molar-refractivity contribution is 0.0903. The maximum Gasteiger partial charge on any atom is 0.173 e. The van der Waals surface area contributed by atoms with Crippen LogP contribution in [0, 0.1) is 5.82 Å². The molecule has 0 aliphatic carbocycles. The predicted octanol–water partition coefficient (Wildman–Crippen LogP) is 4.87. The van der Waals surface area contributed by atoms with Gasteiger partial charge in [-0.2, -0.15) is 0 Å². The highest BCUT2D eigenvalue weighted by Crippen LogP contribution is 2.28. The van der Waals surface area contributed by atoms with Crippen molar-refractivity contribution in [3.8, 4) is 5.75 Å². The lowest BCUT2D eigenvalue weighted by atomic mass is 10.2. The van der Waals surface area contributed by atoms with Crippen LogP contribution in [0.5, 0.6) is 5.75 Å². The highest BCUT2D eigenvalue weighted by Gasteiger charge is 2.22. The average molecular weight is 409 g/mol. The van der Waals surface area contributed by atoms with Gasteiger partial charge in [-0.05, 0) is 43.3 Å². The molecule has 2 aromatic carbocycles. The van der Waals surface area contributed by atoms with Gasteiger partial charge < -0.3 is 19.7 Å². The monoisotopic (exact) mass is 408 g/mol. The van der Waals surface area contributed by atoms with E-state index in [0.717, 1.165) is 19.4 Å². The van der Waals surface area contributed by atoms with Gasteiger partial charge in [0.15, 0.2) is 5.11 Å². The van der Waals surface area contributed by atoms with E-state index in [1.165, 1.54) is 6.07 Å². The van der Waals surface area contributed by atoms with E-state index in [4.69, 9.17) is 33.3 Å². The van der Waals surface area contributed by atoms with Gasteiger partial charge in [0.25, 0.3) is 0 Å². The Labute approximate surface area is 169 Å². The molecule has 27 heavy (non-hydrogen) atoms. The fourth-order valence-electron chi connectivity index (χ4n) is 3.05. The molecule has 0 spiro atoms. The summed E-state index contributed by atoms with van der Waals surface area (Å²) in [7, 11) is 1.57. The van der Waals surface area contributed by atoms with E-state index in [1.807, 2.05) is 11.0 Å². The smallest absolute Gasteiger partial charge is 0.173 e. The third kappa shape index (κ3) is 5.31. The van der Waals surface area contributed by atoms with Crippen LogP contribution < -0.4 is 10.1 Å². The number of ether oxygens (including phenoxy) is 2. The SMILES string of the molecule is COc1cc(Cl)ccc1NC(=S)N(Cc1ccccc1F)C[C@@H]1CCCO1. The van der Waals surface area contributed by atoms with Crippen molar-refractivity contribution >= 4 is 34.6 Å². The first-order valence-electron chi connectivity index (χ1n) is 8.81. The van der Waals surface area contributed by atoms with Gasteiger partial charge in [0.2, 0.25) is 0 Å². The molecule has 0 unspecified atom stereocenters. The number of nitrogens with one attached hydrogen (secondary N) is 1. The van der Waals surface area contributed by atoms with Crippen molar-refractivity contribution < 1.29 is 13.9 Å². The molecule has 4 nitrogen and oxygen atoms in total. The van der Waals surface area contributed by atoms with E-state index in [-0.39, 0.29) is 11.9 Å².